The Morgan fingerprint density at radius 3 is 2.55 bits per heavy atom. The van der Waals surface area contributed by atoms with E-state index in [1.54, 1.807) is 13.4 Å². The van der Waals surface area contributed by atoms with Crippen molar-refractivity contribution in [2.75, 3.05) is 51.3 Å². The molecule has 0 spiro atoms. The van der Waals surface area contributed by atoms with Crippen LogP contribution in [0.2, 0.25) is 0 Å². The normalized spacial score (nSPS) is 17.8. The van der Waals surface area contributed by atoms with Crippen LogP contribution in [0.1, 0.15) is 29.2 Å². The van der Waals surface area contributed by atoms with Crippen molar-refractivity contribution < 1.29 is 9.47 Å². The number of hydrogen-bond donors (Lipinski definition) is 0. The summed E-state index contributed by atoms with van der Waals surface area (Å²) in [6, 6.07) is 25.5. The summed E-state index contributed by atoms with van der Waals surface area (Å²) in [5.41, 5.74) is 6.30. The first-order chi connectivity index (χ1) is 18.8. The second-order valence-electron chi connectivity index (χ2n) is 10.1. The maximum atomic E-state index is 6.26. The Hall–Kier alpha value is -3.68. The second kappa shape index (κ2) is 11.4. The van der Waals surface area contributed by atoms with Crippen LogP contribution in [0.3, 0.4) is 0 Å². The van der Waals surface area contributed by atoms with Gasteiger partial charge in [-0.2, -0.15) is 5.10 Å². The molecular formula is C31H35N5O2. The van der Waals surface area contributed by atoms with E-state index in [1.165, 1.54) is 22.4 Å². The van der Waals surface area contributed by atoms with Gasteiger partial charge in [0, 0.05) is 44.0 Å². The van der Waals surface area contributed by atoms with Gasteiger partial charge in [0.25, 0.3) is 0 Å². The van der Waals surface area contributed by atoms with Gasteiger partial charge in [0.2, 0.25) is 0 Å². The van der Waals surface area contributed by atoms with Crippen molar-refractivity contribution in [2.24, 2.45) is 0 Å². The molecule has 0 radical (unpaired) electrons. The molecule has 1 saturated heterocycles. The van der Waals surface area contributed by atoms with Crippen LogP contribution in [-0.2, 0) is 17.7 Å². The molecule has 6 rings (SSSR count). The van der Waals surface area contributed by atoms with Crippen LogP contribution in [0.15, 0.2) is 79.1 Å². The lowest BCUT2D eigenvalue weighted by Crippen LogP contribution is -2.46. The standard InChI is InChI=1S/C31H35N5O2/c1-37-28-10-8-27(9-11-28)35-18-16-34(17-19-35)15-13-30-29-12-7-26(21-25(29)14-20-38-30)31-32-23-33-36(31)22-24-5-3-2-4-6-24/h2-12,21,23,30H,13-20,22H2,1H3. The SMILES string of the molecule is COc1ccc(N2CCN(CCC3OCCc4cc(-c5ncnn5Cc5ccccc5)ccc43)CC2)cc1. The van der Waals surface area contributed by atoms with Gasteiger partial charge in [-0.15, -0.1) is 0 Å². The van der Waals surface area contributed by atoms with E-state index >= 15 is 0 Å². The molecular weight excluding hydrogens is 474 g/mol. The highest BCUT2D eigenvalue weighted by atomic mass is 16.5. The van der Waals surface area contributed by atoms with Gasteiger partial charge >= 0.3 is 0 Å². The van der Waals surface area contributed by atoms with E-state index in [0.29, 0.717) is 6.54 Å². The van der Waals surface area contributed by atoms with Gasteiger partial charge in [0.15, 0.2) is 5.82 Å². The Morgan fingerprint density at radius 1 is 0.947 bits per heavy atom. The number of anilines is 1. The molecule has 0 saturated carbocycles. The van der Waals surface area contributed by atoms with Crippen molar-refractivity contribution in [1.82, 2.24) is 19.7 Å². The molecule has 2 aliphatic rings. The molecule has 1 atom stereocenters. The number of aromatic nitrogens is 3. The van der Waals surface area contributed by atoms with Gasteiger partial charge in [0.1, 0.15) is 12.1 Å². The summed E-state index contributed by atoms with van der Waals surface area (Å²) >= 11 is 0. The van der Waals surface area contributed by atoms with E-state index in [-0.39, 0.29) is 6.10 Å². The smallest absolute Gasteiger partial charge is 0.158 e. The van der Waals surface area contributed by atoms with Crippen LogP contribution in [0.4, 0.5) is 5.69 Å². The van der Waals surface area contributed by atoms with Crippen LogP contribution in [0.5, 0.6) is 5.75 Å². The summed E-state index contributed by atoms with van der Waals surface area (Å²) in [6.45, 7) is 6.76. The fraction of sp³-hybridized carbons (Fsp3) is 0.355. The van der Waals surface area contributed by atoms with Crippen molar-refractivity contribution in [3.63, 3.8) is 0 Å². The predicted molar refractivity (Wildman–Crippen MR) is 150 cm³/mol. The number of piperazine rings is 1. The third-order valence-electron chi connectivity index (χ3n) is 7.75. The summed E-state index contributed by atoms with van der Waals surface area (Å²) in [5.74, 6) is 1.82. The number of methoxy groups -OCH3 is 1. The van der Waals surface area contributed by atoms with E-state index in [0.717, 1.165) is 69.3 Å². The highest BCUT2D eigenvalue weighted by Crippen LogP contribution is 2.33. The number of fused-ring (bicyclic) bond motifs is 1. The van der Waals surface area contributed by atoms with Crippen LogP contribution in [0.25, 0.3) is 11.4 Å². The van der Waals surface area contributed by atoms with E-state index in [2.05, 4.69) is 74.5 Å². The molecule has 196 valence electrons. The zero-order chi connectivity index (χ0) is 25.7. The van der Waals surface area contributed by atoms with Crippen LogP contribution >= 0.6 is 0 Å². The summed E-state index contributed by atoms with van der Waals surface area (Å²) in [6.07, 6.45) is 3.75. The molecule has 0 amide bonds. The van der Waals surface area contributed by atoms with Gasteiger partial charge in [-0.05, 0) is 59.9 Å². The van der Waals surface area contributed by atoms with Crippen LogP contribution in [-0.4, -0.2) is 66.1 Å². The lowest BCUT2D eigenvalue weighted by Gasteiger charge is -2.37. The van der Waals surface area contributed by atoms with E-state index in [4.69, 9.17) is 9.47 Å². The van der Waals surface area contributed by atoms with Crippen LogP contribution in [0, 0.1) is 0 Å². The predicted octanol–water partition coefficient (Wildman–Crippen LogP) is 4.83. The van der Waals surface area contributed by atoms with Crippen molar-refractivity contribution in [3.8, 4) is 17.1 Å². The monoisotopic (exact) mass is 509 g/mol. The first-order valence-electron chi connectivity index (χ1n) is 13.5. The average molecular weight is 510 g/mol. The molecule has 7 nitrogen and oxygen atoms in total. The van der Waals surface area contributed by atoms with Crippen molar-refractivity contribution in [1.29, 1.82) is 0 Å². The molecule has 1 aromatic heterocycles. The van der Waals surface area contributed by atoms with Crippen molar-refractivity contribution >= 4 is 5.69 Å². The fourth-order valence-corrected chi connectivity index (χ4v) is 5.60. The average Bonchev–Trinajstić information content (AvgIpc) is 3.44. The Bertz CT molecular complexity index is 1330. The molecule has 0 N–H and O–H groups in total. The van der Waals surface area contributed by atoms with Gasteiger partial charge < -0.3 is 14.4 Å². The van der Waals surface area contributed by atoms with E-state index in [1.807, 2.05) is 22.9 Å². The Balaban J connectivity index is 1.07. The minimum atomic E-state index is 0.148. The van der Waals surface area contributed by atoms with Gasteiger partial charge in [0.05, 0.1) is 26.4 Å². The topological polar surface area (TPSA) is 55.6 Å². The molecule has 7 heteroatoms. The Kier molecular flexibility index (Phi) is 7.38. The molecule has 3 aromatic carbocycles. The first kappa shape index (κ1) is 24.6. The summed E-state index contributed by atoms with van der Waals surface area (Å²) in [4.78, 5) is 9.61. The number of rotatable bonds is 8. The molecule has 0 aliphatic carbocycles. The number of benzene rings is 3. The zero-order valence-electron chi connectivity index (χ0n) is 22.0. The van der Waals surface area contributed by atoms with Crippen molar-refractivity contribution in [2.45, 2.75) is 25.5 Å². The third kappa shape index (κ3) is 5.44. The minimum Gasteiger partial charge on any atom is -0.497 e. The molecule has 3 heterocycles. The first-order valence-corrected chi connectivity index (χ1v) is 13.5. The number of ether oxygens (including phenoxy) is 2. The lowest BCUT2D eigenvalue weighted by molar-refractivity contribution is 0.0289. The van der Waals surface area contributed by atoms with E-state index in [9.17, 15) is 0 Å². The molecule has 1 fully saturated rings. The highest BCUT2D eigenvalue weighted by molar-refractivity contribution is 5.58. The van der Waals surface area contributed by atoms with Gasteiger partial charge in [-0.1, -0.05) is 42.5 Å². The molecule has 1 unspecified atom stereocenters. The maximum absolute atomic E-state index is 6.26. The molecule has 4 aromatic rings. The fourth-order valence-electron chi connectivity index (χ4n) is 5.60. The lowest BCUT2D eigenvalue weighted by atomic mass is 9.93. The maximum Gasteiger partial charge on any atom is 0.158 e. The van der Waals surface area contributed by atoms with Gasteiger partial charge in [-0.25, -0.2) is 9.67 Å². The third-order valence-corrected chi connectivity index (χ3v) is 7.75. The summed E-state index contributed by atoms with van der Waals surface area (Å²) in [7, 11) is 1.71. The van der Waals surface area contributed by atoms with E-state index < -0.39 is 0 Å². The molecule has 38 heavy (non-hydrogen) atoms. The summed E-state index contributed by atoms with van der Waals surface area (Å²) < 4.78 is 13.5. The minimum absolute atomic E-state index is 0.148. The summed E-state index contributed by atoms with van der Waals surface area (Å²) in [5, 5.41) is 4.49. The van der Waals surface area contributed by atoms with Crippen molar-refractivity contribution in [3.05, 3.63) is 95.8 Å². The molecule has 0 bridgehead atoms. The largest absolute Gasteiger partial charge is 0.497 e. The van der Waals surface area contributed by atoms with Gasteiger partial charge in [-0.3, -0.25) is 4.90 Å². The number of hydrogen-bond acceptors (Lipinski definition) is 6. The van der Waals surface area contributed by atoms with Crippen LogP contribution < -0.4 is 9.64 Å². The zero-order valence-corrected chi connectivity index (χ0v) is 22.0. The quantitative estimate of drug-likeness (QED) is 0.339. The molecule has 2 aliphatic heterocycles. The number of nitrogens with zero attached hydrogens (tertiary/aromatic N) is 5. The highest BCUT2D eigenvalue weighted by Gasteiger charge is 2.24. The Labute approximate surface area is 224 Å². The Morgan fingerprint density at radius 2 is 1.76 bits per heavy atom. The second-order valence-corrected chi connectivity index (χ2v) is 10.1.